The number of aromatic nitrogens is 5. The van der Waals surface area contributed by atoms with Gasteiger partial charge < -0.3 is 10.6 Å². The first-order valence-corrected chi connectivity index (χ1v) is 9.84. The van der Waals surface area contributed by atoms with E-state index in [4.69, 9.17) is 4.98 Å². The van der Waals surface area contributed by atoms with Gasteiger partial charge in [-0.05, 0) is 51.7 Å². The Balaban J connectivity index is 1.49. The van der Waals surface area contributed by atoms with Gasteiger partial charge in [0.1, 0.15) is 5.52 Å². The summed E-state index contributed by atoms with van der Waals surface area (Å²) in [6.45, 7) is 4.61. The van der Waals surface area contributed by atoms with Crippen molar-refractivity contribution < 1.29 is 4.79 Å². The standard InChI is InChI=1S/C20H25N7O/c1-3-21-19(28)14-8-10-15(11-9-14)23-20-22-12-13(2)18(24-20)27-17-7-5-4-6-16(17)25-26-27/h4-7,12,14-15H,3,8-11H2,1-2H3,(H,21,28)(H,22,23,24)/t14-,15-. The van der Waals surface area contributed by atoms with Crippen LogP contribution in [-0.2, 0) is 4.79 Å². The molecule has 2 aromatic heterocycles. The Bertz CT molecular complexity index is 976. The molecule has 0 radical (unpaired) electrons. The van der Waals surface area contributed by atoms with E-state index in [1.165, 1.54) is 0 Å². The number of nitrogens with zero attached hydrogens (tertiary/aromatic N) is 5. The molecule has 28 heavy (non-hydrogen) atoms. The zero-order chi connectivity index (χ0) is 19.5. The second-order valence-electron chi connectivity index (χ2n) is 7.28. The fourth-order valence-corrected chi connectivity index (χ4v) is 3.74. The van der Waals surface area contributed by atoms with Gasteiger partial charge in [-0.2, -0.15) is 9.67 Å². The largest absolute Gasteiger partial charge is 0.356 e. The monoisotopic (exact) mass is 379 g/mol. The number of hydrogen-bond donors (Lipinski definition) is 2. The van der Waals surface area contributed by atoms with E-state index in [0.717, 1.165) is 48.1 Å². The number of fused-ring (bicyclic) bond motifs is 1. The van der Waals surface area contributed by atoms with Crippen molar-refractivity contribution in [3.05, 3.63) is 36.0 Å². The van der Waals surface area contributed by atoms with Crippen LogP contribution in [0.25, 0.3) is 16.9 Å². The van der Waals surface area contributed by atoms with Crippen LogP contribution in [0, 0.1) is 12.8 Å². The number of hydrogen-bond acceptors (Lipinski definition) is 6. The molecule has 2 heterocycles. The molecule has 0 unspecified atom stereocenters. The first-order chi connectivity index (χ1) is 13.7. The number of anilines is 1. The van der Waals surface area contributed by atoms with Crippen LogP contribution in [-0.4, -0.2) is 43.5 Å². The van der Waals surface area contributed by atoms with E-state index in [2.05, 4.69) is 25.9 Å². The fourth-order valence-electron chi connectivity index (χ4n) is 3.74. The average molecular weight is 379 g/mol. The third kappa shape index (κ3) is 3.67. The summed E-state index contributed by atoms with van der Waals surface area (Å²) in [4.78, 5) is 21.2. The third-order valence-electron chi connectivity index (χ3n) is 5.28. The molecule has 0 aliphatic heterocycles. The van der Waals surface area contributed by atoms with Gasteiger partial charge in [0.2, 0.25) is 11.9 Å². The molecule has 0 bridgehead atoms. The van der Waals surface area contributed by atoms with Crippen LogP contribution in [0.3, 0.4) is 0 Å². The van der Waals surface area contributed by atoms with Gasteiger partial charge in [-0.3, -0.25) is 4.79 Å². The zero-order valence-corrected chi connectivity index (χ0v) is 16.2. The zero-order valence-electron chi connectivity index (χ0n) is 16.2. The van der Waals surface area contributed by atoms with E-state index < -0.39 is 0 Å². The lowest BCUT2D eigenvalue weighted by atomic mass is 9.85. The summed E-state index contributed by atoms with van der Waals surface area (Å²) < 4.78 is 1.75. The summed E-state index contributed by atoms with van der Waals surface area (Å²) in [7, 11) is 0. The van der Waals surface area contributed by atoms with E-state index in [0.29, 0.717) is 12.5 Å². The average Bonchev–Trinajstić information content (AvgIpc) is 3.14. The van der Waals surface area contributed by atoms with Crippen LogP contribution in [0.5, 0.6) is 0 Å². The number of benzene rings is 1. The van der Waals surface area contributed by atoms with Gasteiger partial charge in [0.15, 0.2) is 5.82 Å². The maximum atomic E-state index is 12.0. The van der Waals surface area contributed by atoms with Crippen molar-refractivity contribution in [2.75, 3.05) is 11.9 Å². The van der Waals surface area contributed by atoms with Crippen molar-refractivity contribution in [2.24, 2.45) is 5.92 Å². The molecule has 146 valence electrons. The van der Waals surface area contributed by atoms with E-state index in [1.54, 1.807) is 10.9 Å². The Labute approximate surface area is 163 Å². The fraction of sp³-hybridized carbons (Fsp3) is 0.450. The maximum absolute atomic E-state index is 12.0. The summed E-state index contributed by atoms with van der Waals surface area (Å²) >= 11 is 0. The van der Waals surface area contributed by atoms with Crippen molar-refractivity contribution in [2.45, 2.75) is 45.6 Å². The molecule has 3 aromatic rings. The molecule has 1 aromatic carbocycles. The minimum absolute atomic E-state index is 0.119. The van der Waals surface area contributed by atoms with Crippen LogP contribution in [0.1, 0.15) is 38.2 Å². The quantitative estimate of drug-likeness (QED) is 0.707. The lowest BCUT2D eigenvalue weighted by Crippen LogP contribution is -2.36. The molecule has 1 saturated carbocycles. The van der Waals surface area contributed by atoms with E-state index in [9.17, 15) is 4.79 Å². The van der Waals surface area contributed by atoms with Gasteiger partial charge in [0, 0.05) is 30.3 Å². The number of aryl methyl sites for hydroxylation is 1. The van der Waals surface area contributed by atoms with Gasteiger partial charge >= 0.3 is 0 Å². The first-order valence-electron chi connectivity index (χ1n) is 9.84. The van der Waals surface area contributed by atoms with Gasteiger partial charge in [-0.15, -0.1) is 5.10 Å². The van der Waals surface area contributed by atoms with E-state index in [1.807, 2.05) is 38.1 Å². The molecule has 0 atom stereocenters. The third-order valence-corrected chi connectivity index (χ3v) is 5.28. The van der Waals surface area contributed by atoms with Crippen molar-refractivity contribution in [1.82, 2.24) is 30.3 Å². The lowest BCUT2D eigenvalue weighted by molar-refractivity contribution is -0.125. The minimum atomic E-state index is 0.119. The van der Waals surface area contributed by atoms with Crippen molar-refractivity contribution in [3.8, 4) is 5.82 Å². The van der Waals surface area contributed by atoms with Crippen molar-refractivity contribution in [1.29, 1.82) is 0 Å². The van der Waals surface area contributed by atoms with Gasteiger partial charge in [-0.1, -0.05) is 17.3 Å². The highest BCUT2D eigenvalue weighted by atomic mass is 16.1. The number of rotatable bonds is 5. The van der Waals surface area contributed by atoms with Gasteiger partial charge in [-0.25, -0.2) is 4.98 Å². The summed E-state index contributed by atoms with van der Waals surface area (Å²) in [5, 5.41) is 14.8. The maximum Gasteiger partial charge on any atom is 0.224 e. The van der Waals surface area contributed by atoms with E-state index in [-0.39, 0.29) is 17.9 Å². The molecule has 2 N–H and O–H groups in total. The van der Waals surface area contributed by atoms with Crippen molar-refractivity contribution >= 4 is 22.9 Å². The molecule has 1 aliphatic carbocycles. The Morgan fingerprint density at radius 1 is 1.21 bits per heavy atom. The number of carbonyl (C=O) groups excluding carboxylic acids is 1. The molecule has 1 amide bonds. The lowest BCUT2D eigenvalue weighted by Gasteiger charge is -2.28. The summed E-state index contributed by atoms with van der Waals surface area (Å²) in [6.07, 6.45) is 5.44. The Kier molecular flexibility index (Phi) is 5.18. The van der Waals surface area contributed by atoms with Crippen molar-refractivity contribution in [3.63, 3.8) is 0 Å². The normalized spacial score (nSPS) is 19.5. The number of para-hydroxylation sites is 1. The first kappa shape index (κ1) is 18.3. The molecule has 1 aliphatic rings. The summed E-state index contributed by atoms with van der Waals surface area (Å²) in [5.74, 6) is 1.60. The molecule has 1 fully saturated rings. The highest BCUT2D eigenvalue weighted by Gasteiger charge is 2.26. The number of carbonyl (C=O) groups is 1. The topological polar surface area (TPSA) is 97.6 Å². The van der Waals surface area contributed by atoms with Crippen LogP contribution in [0.15, 0.2) is 30.5 Å². The Hall–Kier alpha value is -3.03. The molecular weight excluding hydrogens is 354 g/mol. The second-order valence-corrected chi connectivity index (χ2v) is 7.28. The predicted octanol–water partition coefficient (Wildman–Crippen LogP) is 2.63. The summed E-state index contributed by atoms with van der Waals surface area (Å²) in [5.41, 5.74) is 2.68. The highest BCUT2D eigenvalue weighted by Crippen LogP contribution is 2.26. The molecule has 8 heteroatoms. The predicted molar refractivity (Wildman–Crippen MR) is 107 cm³/mol. The molecule has 8 nitrogen and oxygen atoms in total. The number of nitrogens with one attached hydrogen (secondary N) is 2. The van der Waals surface area contributed by atoms with Crippen LogP contribution in [0.2, 0.25) is 0 Å². The minimum Gasteiger partial charge on any atom is -0.356 e. The van der Waals surface area contributed by atoms with Gasteiger partial charge in [0.25, 0.3) is 0 Å². The van der Waals surface area contributed by atoms with Crippen LogP contribution < -0.4 is 10.6 Å². The van der Waals surface area contributed by atoms with Crippen LogP contribution >= 0.6 is 0 Å². The van der Waals surface area contributed by atoms with E-state index >= 15 is 0 Å². The second kappa shape index (κ2) is 7.92. The molecule has 0 spiro atoms. The van der Waals surface area contributed by atoms with Crippen LogP contribution in [0.4, 0.5) is 5.95 Å². The number of amides is 1. The summed E-state index contributed by atoms with van der Waals surface area (Å²) in [6, 6.07) is 8.09. The van der Waals surface area contributed by atoms with Gasteiger partial charge in [0.05, 0.1) is 5.52 Å². The highest BCUT2D eigenvalue weighted by molar-refractivity contribution is 5.78. The molecule has 4 rings (SSSR count). The SMILES string of the molecule is CCNC(=O)[C@H]1CC[C@H](Nc2ncc(C)c(-n3nnc4ccccc43)n2)CC1. The Morgan fingerprint density at radius 3 is 2.79 bits per heavy atom. The Morgan fingerprint density at radius 2 is 2.00 bits per heavy atom. The molecule has 0 saturated heterocycles. The molecular formula is C20H25N7O. The smallest absolute Gasteiger partial charge is 0.224 e.